The van der Waals surface area contributed by atoms with Gasteiger partial charge in [0.25, 0.3) is 0 Å². The molecule has 1 saturated carbocycles. The Morgan fingerprint density at radius 1 is 1.26 bits per heavy atom. The summed E-state index contributed by atoms with van der Waals surface area (Å²) < 4.78 is 0. The third-order valence-corrected chi connectivity index (χ3v) is 4.83. The van der Waals surface area contributed by atoms with Gasteiger partial charge in [-0.05, 0) is 38.0 Å². The fourth-order valence-corrected chi connectivity index (χ4v) is 3.21. The van der Waals surface area contributed by atoms with E-state index in [4.69, 9.17) is 0 Å². The smallest absolute Gasteiger partial charge is 0.248 e. The van der Waals surface area contributed by atoms with Crippen molar-refractivity contribution in [2.75, 3.05) is 13.1 Å². The van der Waals surface area contributed by atoms with E-state index < -0.39 is 5.54 Å². The Hall–Kier alpha value is -1.06. The molecule has 1 saturated heterocycles. The number of rotatable bonds is 3. The zero-order chi connectivity index (χ0) is 14.0. The van der Waals surface area contributed by atoms with E-state index in [9.17, 15) is 9.59 Å². The van der Waals surface area contributed by atoms with Gasteiger partial charge in [-0.15, -0.1) is 0 Å². The molecule has 0 aromatic carbocycles. The largest absolute Gasteiger partial charge is 0.340 e. The average molecular weight is 266 g/mol. The van der Waals surface area contributed by atoms with Crippen molar-refractivity contribution in [1.82, 2.24) is 10.2 Å². The van der Waals surface area contributed by atoms with Crippen molar-refractivity contribution in [3.8, 4) is 0 Å². The molecule has 1 unspecified atom stereocenters. The first-order valence-corrected chi connectivity index (χ1v) is 7.55. The summed E-state index contributed by atoms with van der Waals surface area (Å²) in [6.07, 6.45) is 5.54. The lowest BCUT2D eigenvalue weighted by Crippen LogP contribution is -2.65. The van der Waals surface area contributed by atoms with E-state index in [0.717, 1.165) is 12.5 Å². The average Bonchev–Trinajstić information content (AvgIpc) is 2.38. The molecule has 1 heterocycles. The Balaban J connectivity index is 1.99. The van der Waals surface area contributed by atoms with Gasteiger partial charge in [-0.3, -0.25) is 9.59 Å². The lowest BCUT2D eigenvalue weighted by atomic mass is 9.82. The number of hydrogen-bond donors (Lipinski definition) is 1. The van der Waals surface area contributed by atoms with Crippen LogP contribution in [0.15, 0.2) is 0 Å². The zero-order valence-electron chi connectivity index (χ0n) is 12.4. The molecule has 19 heavy (non-hydrogen) atoms. The van der Waals surface area contributed by atoms with Crippen molar-refractivity contribution in [2.45, 2.75) is 58.4 Å². The lowest BCUT2D eigenvalue weighted by molar-refractivity contribution is -0.150. The van der Waals surface area contributed by atoms with Crippen LogP contribution in [0.2, 0.25) is 0 Å². The SMILES string of the molecule is CCC1(C)NC(=O)CN(CC2CCC(C)CC2)C1=O. The molecule has 4 heteroatoms. The monoisotopic (exact) mass is 266 g/mol. The highest BCUT2D eigenvalue weighted by molar-refractivity contribution is 5.97. The second kappa shape index (κ2) is 5.51. The molecule has 108 valence electrons. The highest BCUT2D eigenvalue weighted by Crippen LogP contribution is 2.30. The molecule has 2 fully saturated rings. The van der Waals surface area contributed by atoms with Gasteiger partial charge in [0.15, 0.2) is 0 Å². The van der Waals surface area contributed by atoms with E-state index in [-0.39, 0.29) is 18.4 Å². The standard InChI is InChI=1S/C15H26N2O2/c1-4-15(3)14(19)17(10-13(18)16-15)9-12-7-5-11(2)6-8-12/h11-12H,4-10H2,1-3H3,(H,16,18). The number of piperazine rings is 1. The maximum atomic E-state index is 12.5. The van der Waals surface area contributed by atoms with Crippen LogP contribution in [0.25, 0.3) is 0 Å². The van der Waals surface area contributed by atoms with Gasteiger partial charge < -0.3 is 10.2 Å². The number of carbonyl (C=O) groups excluding carboxylic acids is 2. The second-order valence-corrected chi connectivity index (χ2v) is 6.55. The molecular formula is C15H26N2O2. The normalized spacial score (nSPS) is 36.3. The number of carbonyl (C=O) groups is 2. The topological polar surface area (TPSA) is 49.4 Å². The van der Waals surface area contributed by atoms with Crippen LogP contribution in [-0.2, 0) is 9.59 Å². The van der Waals surface area contributed by atoms with Gasteiger partial charge in [0.2, 0.25) is 11.8 Å². The van der Waals surface area contributed by atoms with Gasteiger partial charge >= 0.3 is 0 Å². The van der Waals surface area contributed by atoms with Crippen LogP contribution in [0.1, 0.15) is 52.9 Å². The predicted octanol–water partition coefficient (Wildman–Crippen LogP) is 1.94. The molecule has 2 amide bonds. The van der Waals surface area contributed by atoms with Crippen LogP contribution in [0.5, 0.6) is 0 Å². The van der Waals surface area contributed by atoms with Crippen LogP contribution in [0.4, 0.5) is 0 Å². The van der Waals surface area contributed by atoms with Crippen LogP contribution in [0, 0.1) is 11.8 Å². The van der Waals surface area contributed by atoms with Crippen LogP contribution in [-0.4, -0.2) is 35.3 Å². The van der Waals surface area contributed by atoms with E-state index in [1.54, 1.807) is 4.90 Å². The molecule has 0 aromatic heterocycles. The van der Waals surface area contributed by atoms with Gasteiger partial charge in [0.05, 0.1) is 6.54 Å². The fourth-order valence-electron chi connectivity index (χ4n) is 3.21. The number of nitrogens with zero attached hydrogens (tertiary/aromatic N) is 1. The summed E-state index contributed by atoms with van der Waals surface area (Å²) in [7, 11) is 0. The van der Waals surface area contributed by atoms with Gasteiger partial charge in [-0.1, -0.05) is 26.7 Å². The van der Waals surface area contributed by atoms with E-state index in [1.807, 2.05) is 13.8 Å². The summed E-state index contributed by atoms with van der Waals surface area (Å²) >= 11 is 0. The number of amides is 2. The first kappa shape index (κ1) is 14.4. The number of nitrogens with one attached hydrogen (secondary N) is 1. The van der Waals surface area contributed by atoms with Crippen LogP contribution in [0.3, 0.4) is 0 Å². The molecule has 1 atom stereocenters. The van der Waals surface area contributed by atoms with Crippen molar-refractivity contribution in [3.63, 3.8) is 0 Å². The molecule has 0 spiro atoms. The Bertz CT molecular complexity index is 361. The summed E-state index contributed by atoms with van der Waals surface area (Å²) in [6.45, 7) is 7.07. The molecule has 2 rings (SSSR count). The molecule has 0 bridgehead atoms. The lowest BCUT2D eigenvalue weighted by Gasteiger charge is -2.41. The zero-order valence-corrected chi connectivity index (χ0v) is 12.4. The molecule has 4 nitrogen and oxygen atoms in total. The maximum absolute atomic E-state index is 12.5. The minimum atomic E-state index is -0.697. The van der Waals surface area contributed by atoms with Crippen molar-refractivity contribution < 1.29 is 9.59 Å². The maximum Gasteiger partial charge on any atom is 0.248 e. The quantitative estimate of drug-likeness (QED) is 0.848. The molecule has 1 aliphatic heterocycles. The van der Waals surface area contributed by atoms with Crippen molar-refractivity contribution >= 4 is 11.8 Å². The minimum Gasteiger partial charge on any atom is -0.340 e. The van der Waals surface area contributed by atoms with Crippen molar-refractivity contribution in [3.05, 3.63) is 0 Å². The molecule has 0 radical (unpaired) electrons. The van der Waals surface area contributed by atoms with Crippen molar-refractivity contribution in [1.29, 1.82) is 0 Å². The Morgan fingerprint density at radius 2 is 1.89 bits per heavy atom. The molecule has 1 N–H and O–H groups in total. The van der Waals surface area contributed by atoms with E-state index in [0.29, 0.717) is 12.3 Å². The van der Waals surface area contributed by atoms with Gasteiger partial charge in [0, 0.05) is 6.54 Å². The second-order valence-electron chi connectivity index (χ2n) is 6.55. The predicted molar refractivity (Wildman–Crippen MR) is 74.5 cm³/mol. The van der Waals surface area contributed by atoms with E-state index in [1.165, 1.54) is 25.7 Å². The number of hydrogen-bond acceptors (Lipinski definition) is 2. The van der Waals surface area contributed by atoms with Crippen molar-refractivity contribution in [2.24, 2.45) is 11.8 Å². The first-order valence-electron chi connectivity index (χ1n) is 7.55. The third kappa shape index (κ3) is 3.10. The summed E-state index contributed by atoms with van der Waals surface area (Å²) in [4.78, 5) is 26.0. The van der Waals surface area contributed by atoms with Crippen LogP contribution >= 0.6 is 0 Å². The molecule has 2 aliphatic rings. The Labute approximate surface area is 115 Å². The van der Waals surface area contributed by atoms with E-state index >= 15 is 0 Å². The highest BCUT2D eigenvalue weighted by atomic mass is 16.2. The summed E-state index contributed by atoms with van der Waals surface area (Å²) in [5.74, 6) is 1.46. The highest BCUT2D eigenvalue weighted by Gasteiger charge is 2.42. The van der Waals surface area contributed by atoms with Gasteiger partial charge in [-0.2, -0.15) is 0 Å². The first-order chi connectivity index (χ1) is 8.94. The fraction of sp³-hybridized carbons (Fsp3) is 0.867. The third-order valence-electron chi connectivity index (χ3n) is 4.83. The van der Waals surface area contributed by atoms with E-state index in [2.05, 4.69) is 12.2 Å². The summed E-state index contributed by atoms with van der Waals surface area (Å²) in [6, 6.07) is 0. The summed E-state index contributed by atoms with van der Waals surface area (Å²) in [5, 5.41) is 2.84. The van der Waals surface area contributed by atoms with Crippen LogP contribution < -0.4 is 5.32 Å². The molecule has 1 aliphatic carbocycles. The Morgan fingerprint density at radius 3 is 2.47 bits per heavy atom. The molecule has 0 aromatic rings. The Kier molecular flexibility index (Phi) is 4.16. The summed E-state index contributed by atoms with van der Waals surface area (Å²) in [5.41, 5.74) is -0.697. The molecular weight excluding hydrogens is 240 g/mol. The van der Waals surface area contributed by atoms with Gasteiger partial charge in [-0.25, -0.2) is 0 Å². The minimum absolute atomic E-state index is 0.0203. The van der Waals surface area contributed by atoms with Gasteiger partial charge in [0.1, 0.15) is 5.54 Å².